The van der Waals surface area contributed by atoms with Gasteiger partial charge in [-0.3, -0.25) is 20.0 Å². The van der Waals surface area contributed by atoms with E-state index in [1.165, 1.54) is 7.11 Å². The largest absolute Gasteiger partial charge is 0.453 e. The minimum absolute atomic E-state index is 0.0240. The summed E-state index contributed by atoms with van der Waals surface area (Å²) in [7, 11) is 1.24. The van der Waals surface area contributed by atoms with Gasteiger partial charge in [-0.25, -0.2) is 14.6 Å². The monoisotopic (exact) mass is 723 g/mol. The van der Waals surface area contributed by atoms with Gasteiger partial charge in [0.15, 0.2) is 0 Å². The maximum absolute atomic E-state index is 14.3. The fourth-order valence-corrected chi connectivity index (χ4v) is 6.39. The van der Waals surface area contributed by atoms with Gasteiger partial charge in [0, 0.05) is 31.9 Å². The minimum Gasteiger partial charge on any atom is -0.453 e. The second-order valence-electron chi connectivity index (χ2n) is 16.2. The second kappa shape index (κ2) is 18.5. The fourth-order valence-electron chi connectivity index (χ4n) is 6.39. The molecule has 1 fully saturated rings. The molecule has 0 aliphatic carbocycles. The van der Waals surface area contributed by atoms with Gasteiger partial charge < -0.3 is 30.3 Å². The van der Waals surface area contributed by atoms with Crippen molar-refractivity contribution in [3.05, 3.63) is 65.5 Å². The first kappa shape index (κ1) is 42.2. The van der Waals surface area contributed by atoms with E-state index in [2.05, 4.69) is 21.0 Å². The lowest BCUT2D eigenvalue weighted by Gasteiger charge is -2.37. The molecule has 13 nitrogen and oxygen atoms in total. The molecule has 1 aliphatic heterocycles. The van der Waals surface area contributed by atoms with E-state index < -0.39 is 41.6 Å². The van der Waals surface area contributed by atoms with Crippen LogP contribution in [0, 0.1) is 23.7 Å². The number of hydrogen-bond donors (Lipinski definition) is 4. The summed E-state index contributed by atoms with van der Waals surface area (Å²) >= 11 is 0. The van der Waals surface area contributed by atoms with Crippen molar-refractivity contribution < 1.29 is 29.0 Å². The van der Waals surface area contributed by atoms with Crippen molar-refractivity contribution in [2.45, 2.75) is 106 Å². The molecule has 1 aromatic heterocycles. The molecule has 5 amide bonds. The Hall–Kier alpha value is -4.23. The van der Waals surface area contributed by atoms with Gasteiger partial charge in [0.2, 0.25) is 5.91 Å². The van der Waals surface area contributed by atoms with Gasteiger partial charge >= 0.3 is 12.1 Å². The highest BCUT2D eigenvalue weighted by Gasteiger charge is 2.41. The fraction of sp³-hybridized carbons (Fsp3) is 0.615. The Bertz CT molecular complexity index is 1490. The number of carbonyl (C=O) groups excluding carboxylic acids is 4. The van der Waals surface area contributed by atoms with Crippen molar-refractivity contribution >= 4 is 23.9 Å². The lowest BCUT2D eigenvalue weighted by molar-refractivity contribution is -0.133. The standard InChI is InChI=1S/C39H61N7O6/c1-11-26(2)32(46-21-20-44(37(46)51)23-29-19-15-16-27(3)40-29)34(48)41-30(22-28-17-13-12-14-18-28)31(47)24-45(25-38(4,5)6)43-35(49)33(39(7,8)9)42-36(50)52-10/h12-19,26,30-33,47H,11,20-25H2,1-10H3,(H,41,48)(H,42,50)(H,43,49)/t26-,30-,31-,32-,33+/m0/s1. The van der Waals surface area contributed by atoms with Gasteiger partial charge in [-0.05, 0) is 47.8 Å². The molecule has 3 rings (SSSR count). The van der Waals surface area contributed by atoms with Crippen molar-refractivity contribution in [3.8, 4) is 0 Å². The summed E-state index contributed by atoms with van der Waals surface area (Å²) in [5.74, 6) is -0.976. The van der Waals surface area contributed by atoms with E-state index in [4.69, 9.17) is 4.74 Å². The highest BCUT2D eigenvalue weighted by atomic mass is 16.5. The van der Waals surface area contributed by atoms with Crippen LogP contribution >= 0.6 is 0 Å². The lowest BCUT2D eigenvalue weighted by Crippen LogP contribution is -2.61. The number of alkyl carbamates (subject to hydrolysis) is 1. The van der Waals surface area contributed by atoms with Crippen molar-refractivity contribution in [1.82, 2.24) is 35.9 Å². The van der Waals surface area contributed by atoms with Gasteiger partial charge in [0.25, 0.3) is 5.91 Å². The van der Waals surface area contributed by atoms with Crippen LogP contribution in [0.15, 0.2) is 48.5 Å². The average molecular weight is 724 g/mol. The van der Waals surface area contributed by atoms with E-state index >= 15 is 0 Å². The molecular weight excluding hydrogens is 662 g/mol. The van der Waals surface area contributed by atoms with Crippen molar-refractivity contribution in [2.75, 3.05) is 33.3 Å². The molecule has 4 N–H and O–H groups in total. The first-order valence-electron chi connectivity index (χ1n) is 18.2. The van der Waals surface area contributed by atoms with Crippen molar-refractivity contribution in [3.63, 3.8) is 0 Å². The van der Waals surface area contributed by atoms with Crippen LogP contribution in [-0.4, -0.2) is 106 Å². The van der Waals surface area contributed by atoms with Crippen LogP contribution in [-0.2, 0) is 27.3 Å². The number of nitrogens with zero attached hydrogens (tertiary/aromatic N) is 4. The Morgan fingerprint density at radius 3 is 2.23 bits per heavy atom. The zero-order chi connectivity index (χ0) is 38.8. The molecular formula is C39H61N7O6. The van der Waals surface area contributed by atoms with Crippen LogP contribution < -0.4 is 16.1 Å². The molecule has 52 heavy (non-hydrogen) atoms. The number of aliphatic hydroxyl groups excluding tert-OH is 1. The summed E-state index contributed by atoms with van der Waals surface area (Å²) in [5.41, 5.74) is 4.54. The van der Waals surface area contributed by atoms with Crippen LogP contribution in [0.2, 0.25) is 0 Å². The number of amides is 5. The van der Waals surface area contributed by atoms with Crippen molar-refractivity contribution in [1.29, 1.82) is 0 Å². The number of aryl methyl sites for hydroxylation is 1. The Balaban J connectivity index is 1.88. The first-order chi connectivity index (χ1) is 24.3. The molecule has 2 heterocycles. The van der Waals surface area contributed by atoms with E-state index in [0.717, 1.165) is 17.0 Å². The van der Waals surface area contributed by atoms with Gasteiger partial charge in [0.05, 0.1) is 31.5 Å². The molecule has 0 unspecified atom stereocenters. The third-order valence-electron chi connectivity index (χ3n) is 9.22. The highest BCUT2D eigenvalue weighted by Crippen LogP contribution is 2.24. The summed E-state index contributed by atoms with van der Waals surface area (Å²) in [6.07, 6.45) is -0.895. The predicted octanol–water partition coefficient (Wildman–Crippen LogP) is 4.28. The number of ether oxygens (including phenoxy) is 1. The smallest absolute Gasteiger partial charge is 0.407 e. The lowest BCUT2D eigenvalue weighted by atomic mass is 9.86. The molecule has 0 radical (unpaired) electrons. The Kier molecular flexibility index (Phi) is 15.0. The third kappa shape index (κ3) is 12.5. The van der Waals surface area contributed by atoms with E-state index in [1.807, 2.05) is 111 Å². The van der Waals surface area contributed by atoms with E-state index in [9.17, 15) is 24.3 Å². The second-order valence-corrected chi connectivity index (χ2v) is 16.2. The molecule has 5 atom stereocenters. The van der Waals surface area contributed by atoms with Crippen LogP contribution in [0.1, 0.15) is 78.8 Å². The molecule has 0 bridgehead atoms. The Labute approximate surface area is 309 Å². The molecule has 1 aliphatic rings. The third-order valence-corrected chi connectivity index (χ3v) is 9.22. The molecule has 0 spiro atoms. The van der Waals surface area contributed by atoms with Gasteiger partial charge in [-0.1, -0.05) is 98.2 Å². The number of benzene rings is 1. The van der Waals surface area contributed by atoms with Crippen LogP contribution in [0.25, 0.3) is 0 Å². The van der Waals surface area contributed by atoms with Gasteiger partial charge in [0.1, 0.15) is 12.1 Å². The number of methoxy groups -OCH3 is 1. The summed E-state index contributed by atoms with van der Waals surface area (Å²) in [5, 5.41) is 19.3. The predicted molar refractivity (Wildman–Crippen MR) is 201 cm³/mol. The number of aliphatic hydroxyl groups is 1. The molecule has 2 aromatic rings. The molecule has 13 heteroatoms. The molecule has 288 valence electrons. The molecule has 0 saturated carbocycles. The van der Waals surface area contributed by atoms with E-state index in [-0.39, 0.29) is 29.8 Å². The van der Waals surface area contributed by atoms with E-state index in [0.29, 0.717) is 39.0 Å². The normalized spacial score (nSPS) is 16.6. The summed E-state index contributed by atoms with van der Waals surface area (Å²) in [6, 6.07) is 12.6. The SMILES string of the molecule is CC[C@H](C)[C@@H](C(=O)N[C@@H](Cc1ccccc1)[C@@H](O)CN(CC(C)(C)C)NC(=O)[C@@H](NC(=O)OC)C(C)(C)C)N1CCN(Cc2cccc(C)n2)C1=O. The molecule has 1 aromatic carbocycles. The zero-order valence-corrected chi connectivity index (χ0v) is 32.7. The maximum Gasteiger partial charge on any atom is 0.407 e. The van der Waals surface area contributed by atoms with Crippen LogP contribution in [0.5, 0.6) is 0 Å². The summed E-state index contributed by atoms with van der Waals surface area (Å²) < 4.78 is 4.77. The van der Waals surface area contributed by atoms with Crippen LogP contribution in [0.3, 0.4) is 0 Å². The number of rotatable bonds is 16. The Morgan fingerprint density at radius 1 is 0.981 bits per heavy atom. The number of carbonyl (C=O) groups is 4. The Morgan fingerprint density at radius 2 is 1.65 bits per heavy atom. The van der Waals surface area contributed by atoms with Crippen molar-refractivity contribution in [2.24, 2.45) is 16.7 Å². The van der Waals surface area contributed by atoms with E-state index in [1.54, 1.807) is 14.8 Å². The van der Waals surface area contributed by atoms with Gasteiger partial charge in [-0.15, -0.1) is 0 Å². The maximum atomic E-state index is 14.3. The minimum atomic E-state index is -1.13. The number of hydrogen-bond acceptors (Lipinski definition) is 8. The number of urea groups is 1. The van der Waals surface area contributed by atoms with Crippen LogP contribution in [0.4, 0.5) is 9.59 Å². The number of pyridine rings is 1. The number of aromatic nitrogens is 1. The highest BCUT2D eigenvalue weighted by molar-refractivity contribution is 5.88. The summed E-state index contributed by atoms with van der Waals surface area (Å²) in [6.45, 7) is 18.9. The first-order valence-corrected chi connectivity index (χ1v) is 18.2. The topological polar surface area (TPSA) is 156 Å². The average Bonchev–Trinajstić information content (AvgIpc) is 3.40. The number of hydrazine groups is 1. The molecule has 1 saturated heterocycles. The zero-order valence-electron chi connectivity index (χ0n) is 32.7. The summed E-state index contributed by atoms with van der Waals surface area (Å²) in [4.78, 5) is 61.8. The number of nitrogens with one attached hydrogen (secondary N) is 3. The van der Waals surface area contributed by atoms with Gasteiger partial charge in [-0.2, -0.15) is 0 Å². The quantitative estimate of drug-likeness (QED) is 0.187.